The van der Waals surface area contributed by atoms with Gasteiger partial charge in [0.1, 0.15) is 5.75 Å². The van der Waals surface area contributed by atoms with Crippen LogP contribution in [0.25, 0.3) is 0 Å². The second kappa shape index (κ2) is 4.96. The Hall–Kier alpha value is -0.580. The molecule has 4 heteroatoms. The van der Waals surface area contributed by atoms with Crippen LogP contribution in [0, 0.1) is 5.92 Å². The first-order chi connectivity index (χ1) is 7.31. The molecule has 1 fully saturated rings. The van der Waals surface area contributed by atoms with Crippen LogP contribution < -0.4 is 10.5 Å². The first kappa shape index (κ1) is 10.9. The molecular weight excluding hydrogens is 210 g/mol. The Morgan fingerprint density at radius 2 is 2.53 bits per heavy atom. The average Bonchev–Trinajstić information content (AvgIpc) is 2.78. The van der Waals surface area contributed by atoms with Crippen molar-refractivity contribution in [2.24, 2.45) is 11.7 Å². The van der Waals surface area contributed by atoms with Crippen molar-refractivity contribution in [1.29, 1.82) is 0 Å². The van der Waals surface area contributed by atoms with Crippen LogP contribution in [0.2, 0.25) is 0 Å². The Kier molecular flexibility index (Phi) is 3.61. The lowest BCUT2D eigenvalue weighted by Gasteiger charge is -2.26. The van der Waals surface area contributed by atoms with Gasteiger partial charge in [0.2, 0.25) is 0 Å². The van der Waals surface area contributed by atoms with E-state index in [1.165, 1.54) is 11.3 Å². The minimum Gasteiger partial charge on any atom is -0.496 e. The van der Waals surface area contributed by atoms with E-state index in [0.29, 0.717) is 5.92 Å². The minimum atomic E-state index is 0.0965. The summed E-state index contributed by atoms with van der Waals surface area (Å²) in [6.07, 6.45) is 2.29. The van der Waals surface area contributed by atoms with E-state index < -0.39 is 0 Å². The van der Waals surface area contributed by atoms with Crippen molar-refractivity contribution >= 4 is 11.3 Å². The molecular formula is C11H17NO2S. The van der Waals surface area contributed by atoms with Crippen LogP contribution in [0.1, 0.15) is 23.8 Å². The van der Waals surface area contributed by atoms with Crippen LogP contribution in [-0.2, 0) is 4.74 Å². The van der Waals surface area contributed by atoms with Gasteiger partial charge in [-0.2, -0.15) is 0 Å². The predicted octanol–water partition coefficient (Wildman–Crippen LogP) is 2.18. The number of nitrogens with two attached hydrogens (primary N) is 1. The van der Waals surface area contributed by atoms with Gasteiger partial charge in [-0.1, -0.05) is 0 Å². The molecule has 1 aliphatic heterocycles. The third-order valence-corrected chi connectivity index (χ3v) is 3.88. The lowest BCUT2D eigenvalue weighted by molar-refractivity contribution is 0.0452. The van der Waals surface area contributed by atoms with Crippen LogP contribution in [0.3, 0.4) is 0 Å². The summed E-state index contributed by atoms with van der Waals surface area (Å²) in [4.78, 5) is 1.20. The summed E-state index contributed by atoms with van der Waals surface area (Å²) in [5.41, 5.74) is 6.21. The average molecular weight is 227 g/mol. The number of hydrogen-bond acceptors (Lipinski definition) is 4. The van der Waals surface area contributed by atoms with Crippen molar-refractivity contribution in [2.45, 2.75) is 18.9 Å². The Labute approximate surface area is 94.2 Å². The molecule has 1 aromatic rings. The fourth-order valence-electron chi connectivity index (χ4n) is 1.90. The van der Waals surface area contributed by atoms with Gasteiger partial charge in [-0.05, 0) is 18.9 Å². The van der Waals surface area contributed by atoms with Gasteiger partial charge < -0.3 is 15.2 Å². The quantitative estimate of drug-likeness (QED) is 0.860. The van der Waals surface area contributed by atoms with Crippen molar-refractivity contribution < 1.29 is 9.47 Å². The maximum Gasteiger partial charge on any atom is 0.129 e. The lowest BCUT2D eigenvalue weighted by Crippen LogP contribution is -2.28. The van der Waals surface area contributed by atoms with E-state index >= 15 is 0 Å². The second-order valence-electron chi connectivity index (χ2n) is 3.89. The molecule has 0 saturated carbocycles. The van der Waals surface area contributed by atoms with E-state index in [9.17, 15) is 0 Å². The Morgan fingerprint density at radius 3 is 3.13 bits per heavy atom. The summed E-state index contributed by atoms with van der Waals surface area (Å²) >= 11 is 1.67. The van der Waals surface area contributed by atoms with E-state index in [2.05, 4.69) is 0 Å². The van der Waals surface area contributed by atoms with Crippen LogP contribution in [0.4, 0.5) is 0 Å². The summed E-state index contributed by atoms with van der Waals surface area (Å²) in [6, 6.07) is 2.13. The molecule has 0 aliphatic carbocycles. The van der Waals surface area contributed by atoms with Crippen molar-refractivity contribution in [3.8, 4) is 5.75 Å². The zero-order valence-corrected chi connectivity index (χ0v) is 9.76. The molecule has 1 aromatic heterocycles. The van der Waals surface area contributed by atoms with Crippen LogP contribution in [0.5, 0.6) is 5.75 Å². The van der Waals surface area contributed by atoms with Gasteiger partial charge in [-0.3, -0.25) is 0 Å². The maximum absolute atomic E-state index is 6.21. The minimum absolute atomic E-state index is 0.0965. The van der Waals surface area contributed by atoms with Gasteiger partial charge in [0, 0.05) is 28.8 Å². The molecule has 3 nitrogen and oxygen atoms in total. The molecule has 0 spiro atoms. The SMILES string of the molecule is COc1csc(C(N)C2CCCOC2)c1. The summed E-state index contributed by atoms with van der Waals surface area (Å²) < 4.78 is 10.6. The molecule has 2 atom stereocenters. The number of methoxy groups -OCH3 is 1. The third kappa shape index (κ3) is 2.51. The topological polar surface area (TPSA) is 44.5 Å². The largest absolute Gasteiger partial charge is 0.496 e. The molecule has 84 valence electrons. The number of ether oxygens (including phenoxy) is 2. The van der Waals surface area contributed by atoms with Gasteiger partial charge in [-0.25, -0.2) is 0 Å². The van der Waals surface area contributed by atoms with Gasteiger partial charge in [0.05, 0.1) is 13.7 Å². The summed E-state index contributed by atoms with van der Waals surface area (Å²) in [6.45, 7) is 1.68. The molecule has 0 amide bonds. The van der Waals surface area contributed by atoms with E-state index in [4.69, 9.17) is 15.2 Å². The first-order valence-corrected chi connectivity index (χ1v) is 6.15. The summed E-state index contributed by atoms with van der Waals surface area (Å²) in [7, 11) is 1.68. The smallest absolute Gasteiger partial charge is 0.129 e. The summed E-state index contributed by atoms with van der Waals surface area (Å²) in [5, 5.41) is 2.00. The summed E-state index contributed by atoms with van der Waals surface area (Å²) in [5.74, 6) is 1.37. The molecule has 0 radical (unpaired) electrons. The first-order valence-electron chi connectivity index (χ1n) is 5.27. The van der Waals surface area contributed by atoms with E-state index in [0.717, 1.165) is 25.4 Å². The zero-order chi connectivity index (χ0) is 10.7. The van der Waals surface area contributed by atoms with Crippen molar-refractivity contribution in [3.63, 3.8) is 0 Å². The number of rotatable bonds is 3. The Morgan fingerprint density at radius 1 is 1.67 bits per heavy atom. The molecule has 2 unspecified atom stereocenters. The number of hydrogen-bond donors (Lipinski definition) is 1. The van der Waals surface area contributed by atoms with Crippen molar-refractivity contribution in [1.82, 2.24) is 0 Å². The molecule has 1 saturated heterocycles. The number of thiophene rings is 1. The third-order valence-electron chi connectivity index (χ3n) is 2.86. The van der Waals surface area contributed by atoms with Crippen LogP contribution in [0.15, 0.2) is 11.4 Å². The van der Waals surface area contributed by atoms with Crippen molar-refractivity contribution in [3.05, 3.63) is 16.3 Å². The highest BCUT2D eigenvalue weighted by Crippen LogP contribution is 2.32. The van der Waals surface area contributed by atoms with Gasteiger partial charge in [-0.15, -0.1) is 11.3 Å². The Bertz CT molecular complexity index is 307. The zero-order valence-electron chi connectivity index (χ0n) is 8.94. The molecule has 2 heterocycles. The highest BCUT2D eigenvalue weighted by atomic mass is 32.1. The van der Waals surface area contributed by atoms with E-state index in [-0.39, 0.29) is 6.04 Å². The van der Waals surface area contributed by atoms with Crippen LogP contribution in [-0.4, -0.2) is 20.3 Å². The van der Waals surface area contributed by atoms with Crippen LogP contribution >= 0.6 is 11.3 Å². The molecule has 2 N–H and O–H groups in total. The highest BCUT2D eigenvalue weighted by Gasteiger charge is 2.23. The predicted molar refractivity (Wildman–Crippen MR) is 61.3 cm³/mol. The maximum atomic E-state index is 6.21. The normalized spacial score (nSPS) is 23.7. The van der Waals surface area contributed by atoms with Gasteiger partial charge >= 0.3 is 0 Å². The second-order valence-corrected chi connectivity index (χ2v) is 4.83. The molecule has 2 rings (SSSR count). The van der Waals surface area contributed by atoms with E-state index in [1.54, 1.807) is 18.4 Å². The monoisotopic (exact) mass is 227 g/mol. The molecule has 15 heavy (non-hydrogen) atoms. The van der Waals surface area contributed by atoms with Crippen molar-refractivity contribution in [2.75, 3.05) is 20.3 Å². The fraction of sp³-hybridized carbons (Fsp3) is 0.636. The molecule has 0 aromatic carbocycles. The van der Waals surface area contributed by atoms with Gasteiger partial charge in [0.25, 0.3) is 0 Å². The molecule has 1 aliphatic rings. The highest BCUT2D eigenvalue weighted by molar-refractivity contribution is 7.10. The lowest BCUT2D eigenvalue weighted by atomic mass is 9.93. The molecule has 0 bridgehead atoms. The standard InChI is InChI=1S/C11H17NO2S/c1-13-9-5-10(15-7-9)11(12)8-3-2-4-14-6-8/h5,7-8,11H,2-4,6,12H2,1H3. The van der Waals surface area contributed by atoms with E-state index in [1.807, 2.05) is 11.4 Å². The van der Waals surface area contributed by atoms with Gasteiger partial charge in [0.15, 0.2) is 0 Å². The Balaban J connectivity index is 2.02. The fourth-order valence-corrected chi connectivity index (χ4v) is 2.85.